The van der Waals surface area contributed by atoms with Crippen molar-refractivity contribution in [3.8, 4) is 0 Å². The minimum absolute atomic E-state index is 0.00173. The van der Waals surface area contributed by atoms with Crippen molar-refractivity contribution in [3.63, 3.8) is 0 Å². The van der Waals surface area contributed by atoms with Crippen LogP contribution >= 0.6 is 0 Å². The summed E-state index contributed by atoms with van der Waals surface area (Å²) in [6.45, 7) is 6.81. The molecule has 2 bridgehead atoms. The highest BCUT2D eigenvalue weighted by atomic mass is 19.1. The lowest BCUT2D eigenvalue weighted by atomic mass is 9.70. The lowest BCUT2D eigenvalue weighted by molar-refractivity contribution is -0.0893. The molecule has 1 aromatic carbocycles. The second kappa shape index (κ2) is 4.29. The smallest absolute Gasteiger partial charge is 0.128 e. The van der Waals surface area contributed by atoms with Crippen LogP contribution in [0.1, 0.15) is 39.2 Å². The molecule has 2 aliphatic heterocycles. The number of ether oxygens (including phenoxy) is 2. The van der Waals surface area contributed by atoms with E-state index in [4.69, 9.17) is 9.47 Å². The third kappa shape index (κ3) is 2.00. The van der Waals surface area contributed by atoms with Crippen LogP contribution in [-0.2, 0) is 16.1 Å². The molecule has 2 nitrogen and oxygen atoms in total. The molecule has 0 N–H and O–H groups in total. The number of hydrogen-bond acceptors (Lipinski definition) is 2. The van der Waals surface area contributed by atoms with Gasteiger partial charge < -0.3 is 9.47 Å². The van der Waals surface area contributed by atoms with Crippen LogP contribution in [-0.4, -0.2) is 17.8 Å². The zero-order chi connectivity index (χ0) is 13.7. The van der Waals surface area contributed by atoms with Gasteiger partial charge in [0.2, 0.25) is 0 Å². The molecular formula is C16H21FO2. The van der Waals surface area contributed by atoms with Gasteiger partial charge in [-0.05, 0) is 25.8 Å². The maximum Gasteiger partial charge on any atom is 0.128 e. The highest BCUT2D eigenvalue weighted by molar-refractivity contribution is 5.17. The fourth-order valence-electron chi connectivity index (χ4n) is 3.71. The third-order valence-electron chi connectivity index (χ3n) is 4.74. The first kappa shape index (κ1) is 13.1. The van der Waals surface area contributed by atoms with Crippen LogP contribution < -0.4 is 0 Å². The molecule has 0 spiro atoms. The summed E-state index contributed by atoms with van der Waals surface area (Å²) in [5, 5.41) is 0. The Bertz CT molecular complexity index is 481. The third-order valence-corrected chi connectivity index (χ3v) is 4.74. The Morgan fingerprint density at radius 3 is 2.68 bits per heavy atom. The van der Waals surface area contributed by atoms with Gasteiger partial charge in [-0.15, -0.1) is 0 Å². The molecular weight excluding hydrogens is 243 g/mol. The predicted octanol–water partition coefficient (Wildman–Crippen LogP) is 3.69. The van der Waals surface area contributed by atoms with E-state index in [2.05, 4.69) is 20.8 Å². The average Bonchev–Trinajstić information content (AvgIpc) is 2.82. The minimum Gasteiger partial charge on any atom is -0.370 e. The van der Waals surface area contributed by atoms with Crippen molar-refractivity contribution in [2.45, 2.75) is 58.0 Å². The molecule has 3 rings (SSSR count). The van der Waals surface area contributed by atoms with Crippen molar-refractivity contribution in [3.05, 3.63) is 35.6 Å². The lowest BCUT2D eigenvalue weighted by Crippen LogP contribution is -2.47. The van der Waals surface area contributed by atoms with Gasteiger partial charge in [0.1, 0.15) is 5.82 Å². The van der Waals surface area contributed by atoms with Crippen LogP contribution in [0.25, 0.3) is 0 Å². The first-order valence-corrected chi connectivity index (χ1v) is 6.96. The van der Waals surface area contributed by atoms with Crippen molar-refractivity contribution >= 4 is 0 Å². The van der Waals surface area contributed by atoms with Crippen LogP contribution in [0.2, 0.25) is 0 Å². The van der Waals surface area contributed by atoms with E-state index < -0.39 is 0 Å². The van der Waals surface area contributed by atoms with Crippen molar-refractivity contribution in [1.82, 2.24) is 0 Å². The maximum absolute atomic E-state index is 13.6. The van der Waals surface area contributed by atoms with Crippen LogP contribution in [0.15, 0.2) is 24.3 Å². The van der Waals surface area contributed by atoms with Gasteiger partial charge in [0, 0.05) is 11.0 Å². The van der Waals surface area contributed by atoms with E-state index in [1.807, 2.05) is 6.07 Å². The van der Waals surface area contributed by atoms with Gasteiger partial charge >= 0.3 is 0 Å². The van der Waals surface area contributed by atoms with Crippen LogP contribution in [0.5, 0.6) is 0 Å². The number of hydrogen-bond donors (Lipinski definition) is 0. The van der Waals surface area contributed by atoms with Gasteiger partial charge in [-0.25, -0.2) is 4.39 Å². The summed E-state index contributed by atoms with van der Waals surface area (Å²) < 4.78 is 25.8. The number of halogens is 1. The van der Waals surface area contributed by atoms with E-state index in [-0.39, 0.29) is 29.0 Å². The summed E-state index contributed by atoms with van der Waals surface area (Å²) >= 11 is 0. The van der Waals surface area contributed by atoms with E-state index in [1.165, 1.54) is 6.07 Å². The summed E-state index contributed by atoms with van der Waals surface area (Å²) in [5.74, 6) is -0.200. The Morgan fingerprint density at radius 1 is 1.32 bits per heavy atom. The van der Waals surface area contributed by atoms with Gasteiger partial charge in [0.25, 0.3) is 0 Å². The molecule has 3 unspecified atom stereocenters. The van der Waals surface area contributed by atoms with E-state index in [9.17, 15) is 4.39 Å². The highest BCUT2D eigenvalue weighted by Gasteiger charge is 2.61. The summed E-state index contributed by atoms with van der Waals surface area (Å²) in [6.07, 6.45) is 2.42. The van der Waals surface area contributed by atoms with Crippen molar-refractivity contribution in [2.75, 3.05) is 0 Å². The highest BCUT2D eigenvalue weighted by Crippen LogP contribution is 2.55. The zero-order valence-corrected chi connectivity index (χ0v) is 11.8. The average molecular weight is 264 g/mol. The van der Waals surface area contributed by atoms with Crippen LogP contribution in [0.3, 0.4) is 0 Å². The standard InChI is InChI=1S/C16H21FO2/c1-15(2)13-8-9-16(3,19-13)14(15)18-10-11-6-4-5-7-12(11)17/h4-7,13-14H,8-10H2,1-3H3. The summed E-state index contributed by atoms with van der Waals surface area (Å²) in [5.41, 5.74) is 0.405. The summed E-state index contributed by atoms with van der Waals surface area (Å²) in [4.78, 5) is 0. The van der Waals surface area contributed by atoms with E-state index in [1.54, 1.807) is 12.1 Å². The summed E-state index contributed by atoms with van der Waals surface area (Å²) in [7, 11) is 0. The molecule has 104 valence electrons. The topological polar surface area (TPSA) is 18.5 Å². The molecule has 2 saturated heterocycles. The molecule has 0 aromatic heterocycles. The van der Waals surface area contributed by atoms with Crippen molar-refractivity contribution in [2.24, 2.45) is 5.41 Å². The quantitative estimate of drug-likeness (QED) is 0.829. The predicted molar refractivity (Wildman–Crippen MR) is 71.3 cm³/mol. The zero-order valence-electron chi connectivity index (χ0n) is 11.8. The van der Waals surface area contributed by atoms with Crippen LogP contribution in [0.4, 0.5) is 4.39 Å². The molecule has 0 radical (unpaired) electrons. The fourth-order valence-corrected chi connectivity index (χ4v) is 3.71. The van der Waals surface area contributed by atoms with Gasteiger partial charge in [-0.3, -0.25) is 0 Å². The molecule has 2 fully saturated rings. The van der Waals surface area contributed by atoms with E-state index >= 15 is 0 Å². The molecule has 3 heteroatoms. The minimum atomic E-state index is -0.209. The van der Waals surface area contributed by atoms with E-state index in [0.717, 1.165) is 12.8 Å². The molecule has 0 amide bonds. The Hall–Kier alpha value is -0.930. The molecule has 19 heavy (non-hydrogen) atoms. The van der Waals surface area contributed by atoms with Gasteiger partial charge in [0.15, 0.2) is 0 Å². The van der Waals surface area contributed by atoms with E-state index in [0.29, 0.717) is 12.2 Å². The first-order chi connectivity index (χ1) is 8.93. The normalized spacial score (nSPS) is 35.8. The lowest BCUT2D eigenvalue weighted by Gasteiger charge is -2.38. The Kier molecular flexibility index (Phi) is 2.95. The van der Waals surface area contributed by atoms with Gasteiger partial charge in [0.05, 0.1) is 24.4 Å². The number of benzene rings is 1. The number of fused-ring (bicyclic) bond motifs is 2. The van der Waals surface area contributed by atoms with Gasteiger partial charge in [-0.1, -0.05) is 32.0 Å². The maximum atomic E-state index is 13.6. The Balaban J connectivity index is 1.75. The molecule has 0 saturated carbocycles. The molecule has 0 aliphatic carbocycles. The number of rotatable bonds is 3. The van der Waals surface area contributed by atoms with Crippen LogP contribution in [0, 0.1) is 11.2 Å². The first-order valence-electron chi connectivity index (χ1n) is 6.96. The van der Waals surface area contributed by atoms with Crippen molar-refractivity contribution < 1.29 is 13.9 Å². The molecule has 1 aromatic rings. The molecule has 3 atom stereocenters. The van der Waals surface area contributed by atoms with Gasteiger partial charge in [-0.2, -0.15) is 0 Å². The Labute approximate surface area is 113 Å². The second-order valence-electron chi connectivity index (χ2n) is 6.56. The summed E-state index contributed by atoms with van der Waals surface area (Å²) in [6, 6.07) is 6.79. The molecule has 2 heterocycles. The Morgan fingerprint density at radius 2 is 2.05 bits per heavy atom. The SMILES string of the molecule is CC12CCC(O1)C(C)(C)C2OCc1ccccc1F. The monoisotopic (exact) mass is 264 g/mol. The fraction of sp³-hybridized carbons (Fsp3) is 0.625. The molecule has 2 aliphatic rings. The largest absolute Gasteiger partial charge is 0.370 e. The second-order valence-corrected chi connectivity index (χ2v) is 6.56. The van der Waals surface area contributed by atoms with Crippen molar-refractivity contribution in [1.29, 1.82) is 0 Å².